The molecule has 0 aliphatic heterocycles. The zero-order valence-corrected chi connectivity index (χ0v) is 12.6. The Labute approximate surface area is 122 Å². The Kier molecular flexibility index (Phi) is 4.80. The third kappa shape index (κ3) is 3.96. The Bertz CT molecular complexity index is 528. The summed E-state index contributed by atoms with van der Waals surface area (Å²) in [5.41, 5.74) is 7.74. The zero-order valence-electron chi connectivity index (χ0n) is 11.0. The van der Waals surface area contributed by atoms with Gasteiger partial charge in [0, 0.05) is 13.6 Å². The van der Waals surface area contributed by atoms with Crippen LogP contribution in [0.2, 0.25) is 0 Å². The minimum absolute atomic E-state index is 0.674. The van der Waals surface area contributed by atoms with Gasteiger partial charge in [-0.25, -0.2) is 4.98 Å². The van der Waals surface area contributed by atoms with E-state index in [1.807, 2.05) is 19.2 Å². The lowest BCUT2D eigenvalue weighted by molar-refractivity contribution is 0.776. The maximum atomic E-state index is 5.69. The number of halogens is 1. The molecule has 3 nitrogen and oxygen atoms in total. The van der Waals surface area contributed by atoms with Crippen molar-refractivity contribution in [2.45, 2.75) is 12.8 Å². The van der Waals surface area contributed by atoms with Gasteiger partial charge in [0.25, 0.3) is 0 Å². The normalized spacial score (nSPS) is 10.4. The number of hydrogen-bond donors (Lipinski definition) is 1. The first kappa shape index (κ1) is 13.9. The van der Waals surface area contributed by atoms with E-state index in [1.54, 1.807) is 6.20 Å². The van der Waals surface area contributed by atoms with Gasteiger partial charge in [-0.1, -0.05) is 30.3 Å². The molecule has 2 aromatic rings. The van der Waals surface area contributed by atoms with Crippen LogP contribution in [0.3, 0.4) is 0 Å². The highest BCUT2D eigenvalue weighted by Gasteiger charge is 2.07. The van der Waals surface area contributed by atoms with Crippen molar-refractivity contribution in [1.82, 2.24) is 4.98 Å². The summed E-state index contributed by atoms with van der Waals surface area (Å²) in [5.74, 6) is 0.933. The minimum Gasteiger partial charge on any atom is -0.397 e. The van der Waals surface area contributed by atoms with Gasteiger partial charge in [-0.3, -0.25) is 0 Å². The Morgan fingerprint density at radius 1 is 1.26 bits per heavy atom. The molecule has 0 saturated heterocycles. The lowest BCUT2D eigenvalue weighted by Gasteiger charge is -2.19. The summed E-state index contributed by atoms with van der Waals surface area (Å²) in [7, 11) is 2.05. The molecule has 1 aromatic carbocycles. The van der Waals surface area contributed by atoms with Crippen LogP contribution in [0, 0.1) is 0 Å². The number of rotatable bonds is 5. The molecule has 1 aromatic heterocycles. The standard InChI is InChI=1S/C15H18BrN3/c1-19(15-14(16)10-13(17)11-18-15)9-5-8-12-6-3-2-4-7-12/h2-4,6-7,10-11H,5,8-9,17H2,1H3. The fourth-order valence-corrected chi connectivity index (χ4v) is 2.67. The zero-order chi connectivity index (χ0) is 13.7. The first-order chi connectivity index (χ1) is 9.16. The van der Waals surface area contributed by atoms with Gasteiger partial charge in [0.05, 0.1) is 16.4 Å². The van der Waals surface area contributed by atoms with Crippen LogP contribution in [-0.2, 0) is 6.42 Å². The highest BCUT2D eigenvalue weighted by molar-refractivity contribution is 9.10. The summed E-state index contributed by atoms with van der Waals surface area (Å²) >= 11 is 3.50. The van der Waals surface area contributed by atoms with Crippen molar-refractivity contribution >= 4 is 27.4 Å². The van der Waals surface area contributed by atoms with Crippen molar-refractivity contribution in [2.24, 2.45) is 0 Å². The van der Waals surface area contributed by atoms with E-state index in [0.717, 1.165) is 29.7 Å². The maximum Gasteiger partial charge on any atom is 0.142 e. The van der Waals surface area contributed by atoms with E-state index in [0.29, 0.717) is 5.69 Å². The maximum absolute atomic E-state index is 5.69. The molecule has 0 amide bonds. The third-order valence-corrected chi connectivity index (χ3v) is 3.59. The van der Waals surface area contributed by atoms with Gasteiger partial charge in [0.1, 0.15) is 5.82 Å². The molecule has 2 rings (SSSR count). The van der Waals surface area contributed by atoms with E-state index in [2.05, 4.69) is 50.1 Å². The second kappa shape index (κ2) is 6.57. The van der Waals surface area contributed by atoms with Gasteiger partial charge in [-0.05, 0) is 40.4 Å². The van der Waals surface area contributed by atoms with Gasteiger partial charge in [0.2, 0.25) is 0 Å². The number of anilines is 2. The summed E-state index contributed by atoms with van der Waals surface area (Å²) in [6, 6.07) is 12.4. The summed E-state index contributed by atoms with van der Waals surface area (Å²) in [6.45, 7) is 0.963. The fourth-order valence-electron chi connectivity index (χ4n) is 2.00. The van der Waals surface area contributed by atoms with E-state index in [1.165, 1.54) is 5.56 Å². The van der Waals surface area contributed by atoms with E-state index >= 15 is 0 Å². The number of nitrogens with zero attached hydrogens (tertiary/aromatic N) is 2. The van der Waals surface area contributed by atoms with Crippen LogP contribution >= 0.6 is 15.9 Å². The van der Waals surface area contributed by atoms with E-state index in [9.17, 15) is 0 Å². The quantitative estimate of drug-likeness (QED) is 0.917. The molecule has 0 saturated carbocycles. The number of nitrogen functional groups attached to an aromatic ring is 1. The first-order valence-corrected chi connectivity index (χ1v) is 7.12. The van der Waals surface area contributed by atoms with Crippen molar-refractivity contribution in [3.63, 3.8) is 0 Å². The molecule has 0 fully saturated rings. The van der Waals surface area contributed by atoms with Crippen molar-refractivity contribution in [1.29, 1.82) is 0 Å². The van der Waals surface area contributed by atoms with Crippen LogP contribution in [0.5, 0.6) is 0 Å². The van der Waals surface area contributed by atoms with Crippen LogP contribution in [0.4, 0.5) is 11.5 Å². The fraction of sp³-hybridized carbons (Fsp3) is 0.267. The van der Waals surface area contributed by atoms with Crippen molar-refractivity contribution in [3.05, 3.63) is 52.6 Å². The topological polar surface area (TPSA) is 42.2 Å². The highest BCUT2D eigenvalue weighted by Crippen LogP contribution is 2.24. The molecule has 0 aliphatic carbocycles. The van der Waals surface area contributed by atoms with Crippen LogP contribution < -0.4 is 10.6 Å². The molecule has 0 atom stereocenters. The van der Waals surface area contributed by atoms with Gasteiger partial charge in [-0.15, -0.1) is 0 Å². The molecule has 19 heavy (non-hydrogen) atoms. The molecule has 2 N–H and O–H groups in total. The smallest absolute Gasteiger partial charge is 0.142 e. The Morgan fingerprint density at radius 2 is 2.00 bits per heavy atom. The van der Waals surface area contributed by atoms with Gasteiger partial charge in [-0.2, -0.15) is 0 Å². The summed E-state index contributed by atoms with van der Waals surface area (Å²) in [5, 5.41) is 0. The lowest BCUT2D eigenvalue weighted by atomic mass is 10.1. The number of aryl methyl sites for hydroxylation is 1. The Hall–Kier alpha value is -1.55. The Balaban J connectivity index is 1.89. The lowest BCUT2D eigenvalue weighted by Crippen LogP contribution is -2.20. The predicted octanol–water partition coefficient (Wildman–Crippen LogP) is 3.50. The second-order valence-corrected chi connectivity index (χ2v) is 5.44. The van der Waals surface area contributed by atoms with Crippen LogP contribution in [0.1, 0.15) is 12.0 Å². The summed E-state index contributed by atoms with van der Waals surface area (Å²) < 4.78 is 0.940. The van der Waals surface area contributed by atoms with E-state index < -0.39 is 0 Å². The third-order valence-electron chi connectivity index (χ3n) is 3.01. The van der Waals surface area contributed by atoms with E-state index in [4.69, 9.17) is 5.73 Å². The molecule has 0 aliphatic rings. The number of pyridine rings is 1. The SMILES string of the molecule is CN(CCCc1ccccc1)c1ncc(N)cc1Br. The summed E-state index contributed by atoms with van der Waals surface area (Å²) in [4.78, 5) is 6.50. The highest BCUT2D eigenvalue weighted by atomic mass is 79.9. The number of nitrogens with two attached hydrogens (primary N) is 1. The van der Waals surface area contributed by atoms with Crippen molar-refractivity contribution in [2.75, 3.05) is 24.2 Å². The molecular weight excluding hydrogens is 302 g/mol. The molecule has 1 heterocycles. The van der Waals surface area contributed by atoms with Gasteiger partial charge >= 0.3 is 0 Å². The monoisotopic (exact) mass is 319 g/mol. The van der Waals surface area contributed by atoms with Crippen LogP contribution in [0.25, 0.3) is 0 Å². The Morgan fingerprint density at radius 3 is 2.68 bits per heavy atom. The predicted molar refractivity (Wildman–Crippen MR) is 84.4 cm³/mol. The average molecular weight is 320 g/mol. The van der Waals surface area contributed by atoms with Gasteiger partial charge < -0.3 is 10.6 Å². The van der Waals surface area contributed by atoms with E-state index in [-0.39, 0.29) is 0 Å². The van der Waals surface area contributed by atoms with Gasteiger partial charge in [0.15, 0.2) is 0 Å². The molecule has 4 heteroatoms. The average Bonchev–Trinajstić information content (AvgIpc) is 2.39. The molecular formula is C15H18BrN3. The van der Waals surface area contributed by atoms with Crippen LogP contribution in [0.15, 0.2) is 47.1 Å². The van der Waals surface area contributed by atoms with Crippen LogP contribution in [-0.4, -0.2) is 18.6 Å². The number of benzene rings is 1. The second-order valence-electron chi connectivity index (χ2n) is 4.58. The molecule has 100 valence electrons. The largest absolute Gasteiger partial charge is 0.397 e. The minimum atomic E-state index is 0.674. The molecule has 0 radical (unpaired) electrons. The first-order valence-electron chi connectivity index (χ1n) is 6.33. The number of hydrogen-bond acceptors (Lipinski definition) is 3. The molecule has 0 spiro atoms. The number of aromatic nitrogens is 1. The molecule has 0 unspecified atom stereocenters. The molecule has 0 bridgehead atoms. The van der Waals surface area contributed by atoms with Crippen molar-refractivity contribution < 1.29 is 0 Å². The summed E-state index contributed by atoms with van der Waals surface area (Å²) in [6.07, 6.45) is 3.87. The van der Waals surface area contributed by atoms with Crippen molar-refractivity contribution in [3.8, 4) is 0 Å².